The predicted octanol–water partition coefficient (Wildman–Crippen LogP) is 4.25. The van der Waals surface area contributed by atoms with Crippen molar-refractivity contribution < 1.29 is 23.4 Å². The Kier molecular flexibility index (Phi) is 6.19. The van der Waals surface area contributed by atoms with E-state index < -0.39 is 20.4 Å². The second-order valence-corrected chi connectivity index (χ2v) is 12.9. The SMILES string of the molecule is C=CCc1cc(CO[Si](C)(C)C(C)(C)C)cc2c1OC(C(=O)OC)CO2. The fourth-order valence-electron chi connectivity index (χ4n) is 2.42. The zero-order chi connectivity index (χ0) is 19.5. The van der Waals surface area contributed by atoms with Crippen LogP contribution in [-0.4, -0.2) is 34.1 Å². The maximum Gasteiger partial charge on any atom is 0.350 e. The first-order valence-electron chi connectivity index (χ1n) is 8.87. The molecule has 0 saturated heterocycles. The van der Waals surface area contributed by atoms with Crippen LogP contribution in [-0.2, 0) is 27.0 Å². The molecule has 1 aliphatic rings. The fraction of sp³-hybridized carbons (Fsp3) is 0.550. The van der Waals surface area contributed by atoms with E-state index >= 15 is 0 Å². The third kappa shape index (κ3) is 4.48. The van der Waals surface area contributed by atoms with Crippen molar-refractivity contribution >= 4 is 14.3 Å². The van der Waals surface area contributed by atoms with Gasteiger partial charge in [-0.05, 0) is 42.2 Å². The van der Waals surface area contributed by atoms with Crippen LogP contribution in [0.2, 0.25) is 18.1 Å². The number of benzene rings is 1. The lowest BCUT2D eigenvalue weighted by atomic mass is 10.1. The highest BCUT2D eigenvalue weighted by Crippen LogP contribution is 2.40. The molecule has 0 bridgehead atoms. The number of ether oxygens (including phenoxy) is 3. The third-order valence-electron chi connectivity index (χ3n) is 5.08. The summed E-state index contributed by atoms with van der Waals surface area (Å²) in [6.45, 7) is 15.6. The van der Waals surface area contributed by atoms with Crippen molar-refractivity contribution in [2.75, 3.05) is 13.7 Å². The smallest absolute Gasteiger partial charge is 0.350 e. The molecule has 26 heavy (non-hydrogen) atoms. The van der Waals surface area contributed by atoms with Crippen molar-refractivity contribution in [2.45, 2.75) is 58.0 Å². The Hall–Kier alpha value is -1.79. The Morgan fingerprint density at radius 3 is 2.65 bits per heavy atom. The normalized spacial score (nSPS) is 16.9. The van der Waals surface area contributed by atoms with Crippen molar-refractivity contribution in [2.24, 2.45) is 0 Å². The molecule has 1 atom stereocenters. The first kappa shape index (κ1) is 20.5. The van der Waals surface area contributed by atoms with Gasteiger partial charge in [0.2, 0.25) is 6.10 Å². The molecule has 0 saturated carbocycles. The number of allylic oxidation sites excluding steroid dienone is 1. The monoisotopic (exact) mass is 378 g/mol. The average molecular weight is 379 g/mol. The maximum atomic E-state index is 11.8. The summed E-state index contributed by atoms with van der Waals surface area (Å²) in [5.74, 6) is 0.784. The van der Waals surface area contributed by atoms with Gasteiger partial charge in [-0.2, -0.15) is 0 Å². The van der Waals surface area contributed by atoms with Gasteiger partial charge in [0.15, 0.2) is 19.8 Å². The number of esters is 1. The largest absolute Gasteiger partial charge is 0.485 e. The molecular formula is C20H30O5Si. The van der Waals surface area contributed by atoms with E-state index in [9.17, 15) is 4.79 Å². The summed E-state index contributed by atoms with van der Waals surface area (Å²) in [7, 11) is -0.503. The van der Waals surface area contributed by atoms with Crippen molar-refractivity contribution in [1.29, 1.82) is 0 Å². The number of hydrogen-bond donors (Lipinski definition) is 0. The second-order valence-electron chi connectivity index (χ2n) is 8.06. The van der Waals surface area contributed by atoms with Crippen molar-refractivity contribution in [1.82, 2.24) is 0 Å². The van der Waals surface area contributed by atoms with Crippen molar-refractivity contribution in [3.8, 4) is 11.5 Å². The van der Waals surface area contributed by atoms with Crippen LogP contribution in [0.25, 0.3) is 0 Å². The van der Waals surface area contributed by atoms with Gasteiger partial charge in [-0.1, -0.05) is 26.8 Å². The number of carbonyl (C=O) groups excluding carboxylic acids is 1. The lowest BCUT2D eigenvalue weighted by Gasteiger charge is -2.36. The number of hydrogen-bond acceptors (Lipinski definition) is 5. The van der Waals surface area contributed by atoms with E-state index in [2.05, 4.69) is 40.4 Å². The van der Waals surface area contributed by atoms with Crippen LogP contribution in [0.4, 0.5) is 0 Å². The Morgan fingerprint density at radius 1 is 1.38 bits per heavy atom. The van der Waals surface area contributed by atoms with Crippen LogP contribution in [0, 0.1) is 0 Å². The lowest BCUT2D eigenvalue weighted by molar-refractivity contribution is -0.151. The van der Waals surface area contributed by atoms with Gasteiger partial charge in [-0.15, -0.1) is 6.58 Å². The van der Waals surface area contributed by atoms with E-state index in [4.69, 9.17) is 18.6 Å². The quantitative estimate of drug-likeness (QED) is 0.421. The Bertz CT molecular complexity index is 676. The summed E-state index contributed by atoms with van der Waals surface area (Å²) >= 11 is 0. The molecule has 0 aromatic heterocycles. The van der Waals surface area contributed by atoms with Crippen LogP contribution >= 0.6 is 0 Å². The molecule has 0 aliphatic carbocycles. The molecule has 0 radical (unpaired) electrons. The van der Waals surface area contributed by atoms with Gasteiger partial charge in [0, 0.05) is 5.56 Å². The van der Waals surface area contributed by atoms with Gasteiger partial charge in [0.25, 0.3) is 0 Å². The highest BCUT2D eigenvalue weighted by atomic mass is 28.4. The van der Waals surface area contributed by atoms with Gasteiger partial charge < -0.3 is 18.6 Å². The number of rotatable bonds is 6. The molecule has 0 N–H and O–H groups in total. The van der Waals surface area contributed by atoms with Gasteiger partial charge in [0.1, 0.15) is 6.61 Å². The zero-order valence-corrected chi connectivity index (χ0v) is 17.7. The molecule has 0 amide bonds. The van der Waals surface area contributed by atoms with E-state index in [1.807, 2.05) is 12.1 Å². The zero-order valence-electron chi connectivity index (χ0n) is 16.7. The summed E-state index contributed by atoms with van der Waals surface area (Å²) in [5.41, 5.74) is 1.96. The summed E-state index contributed by atoms with van der Waals surface area (Å²) in [4.78, 5) is 11.8. The first-order chi connectivity index (χ1) is 12.1. The van der Waals surface area contributed by atoms with E-state index in [-0.39, 0.29) is 11.6 Å². The van der Waals surface area contributed by atoms with Crippen LogP contribution in [0.15, 0.2) is 24.8 Å². The second kappa shape index (κ2) is 7.84. The minimum absolute atomic E-state index is 0.139. The number of methoxy groups -OCH3 is 1. The highest BCUT2D eigenvalue weighted by Gasteiger charge is 2.37. The molecule has 2 rings (SSSR count). The molecule has 1 aliphatic heterocycles. The Morgan fingerprint density at radius 2 is 2.08 bits per heavy atom. The van der Waals surface area contributed by atoms with Crippen molar-refractivity contribution in [3.63, 3.8) is 0 Å². The highest BCUT2D eigenvalue weighted by molar-refractivity contribution is 6.74. The van der Waals surface area contributed by atoms with Crippen LogP contribution < -0.4 is 9.47 Å². The lowest BCUT2D eigenvalue weighted by Crippen LogP contribution is -2.40. The number of carbonyl (C=O) groups is 1. The Balaban J connectivity index is 2.25. The Labute approximate surface area is 157 Å². The summed E-state index contributed by atoms with van der Waals surface area (Å²) in [5, 5.41) is 0.151. The van der Waals surface area contributed by atoms with Gasteiger partial charge in [-0.3, -0.25) is 0 Å². The molecule has 144 valence electrons. The maximum absolute atomic E-state index is 11.8. The fourth-order valence-corrected chi connectivity index (χ4v) is 3.38. The summed E-state index contributed by atoms with van der Waals surface area (Å²) in [6.07, 6.45) is 1.68. The predicted molar refractivity (Wildman–Crippen MR) is 104 cm³/mol. The van der Waals surface area contributed by atoms with E-state index in [0.29, 0.717) is 24.5 Å². The van der Waals surface area contributed by atoms with Crippen molar-refractivity contribution in [3.05, 3.63) is 35.9 Å². The van der Waals surface area contributed by atoms with E-state index in [0.717, 1.165) is 11.1 Å². The number of fused-ring (bicyclic) bond motifs is 1. The van der Waals surface area contributed by atoms with Gasteiger partial charge >= 0.3 is 5.97 Å². The molecule has 6 heteroatoms. The molecule has 0 spiro atoms. The van der Waals surface area contributed by atoms with Gasteiger partial charge in [-0.25, -0.2) is 4.79 Å². The summed E-state index contributed by atoms with van der Waals surface area (Å²) < 4.78 is 22.7. The van der Waals surface area contributed by atoms with E-state index in [1.165, 1.54) is 7.11 Å². The molecule has 1 aromatic rings. The molecule has 0 fully saturated rings. The minimum Gasteiger partial charge on any atom is -0.485 e. The van der Waals surface area contributed by atoms with E-state index in [1.54, 1.807) is 6.08 Å². The molecule has 1 unspecified atom stereocenters. The van der Waals surface area contributed by atoms with Gasteiger partial charge in [0.05, 0.1) is 13.7 Å². The molecular weight excluding hydrogens is 348 g/mol. The molecule has 1 heterocycles. The molecule has 5 nitrogen and oxygen atoms in total. The minimum atomic E-state index is -1.84. The van der Waals surface area contributed by atoms with Crippen LogP contribution in [0.1, 0.15) is 31.9 Å². The third-order valence-corrected chi connectivity index (χ3v) is 9.55. The molecule has 1 aromatic carbocycles. The first-order valence-corrected chi connectivity index (χ1v) is 11.8. The standard InChI is InChI=1S/C20H30O5Si/c1-8-9-15-10-14(12-24-26(6,7)20(2,3)4)11-16-18(15)25-17(13-23-16)19(21)22-5/h8,10-11,17H,1,9,12-13H2,2-7H3. The van der Waals surface area contributed by atoms with Crippen LogP contribution in [0.5, 0.6) is 11.5 Å². The summed E-state index contributed by atoms with van der Waals surface area (Å²) in [6, 6.07) is 3.97. The topological polar surface area (TPSA) is 54.0 Å². The average Bonchev–Trinajstić information content (AvgIpc) is 2.58. The van der Waals surface area contributed by atoms with Crippen LogP contribution in [0.3, 0.4) is 0 Å².